The van der Waals surface area contributed by atoms with Crippen LogP contribution in [-0.4, -0.2) is 23.0 Å². The van der Waals surface area contributed by atoms with Crippen LogP contribution in [0.2, 0.25) is 0 Å². The number of nitrogens with zero attached hydrogens (tertiary/aromatic N) is 3. The Hall–Kier alpha value is -2.25. The largest absolute Gasteiger partial charge is 0.312 e. The molecule has 0 saturated carbocycles. The molecule has 138 valence electrons. The van der Waals surface area contributed by atoms with E-state index in [1.54, 1.807) is 18.3 Å². The van der Waals surface area contributed by atoms with Gasteiger partial charge < -0.3 is 4.57 Å². The topological polar surface area (TPSA) is 76.9 Å². The molecule has 0 amide bonds. The SMILES string of the molecule is CCn1c(CNS(=O)(=O)c2ccc(CC(C)C)cc2)nc2cccnc21. The molecule has 3 aromatic rings. The number of aryl methyl sites for hydroxylation is 1. The first-order valence-corrected chi connectivity index (χ1v) is 10.3. The minimum Gasteiger partial charge on any atom is -0.312 e. The van der Waals surface area contributed by atoms with Gasteiger partial charge in [-0.05, 0) is 49.1 Å². The molecule has 0 unspecified atom stereocenters. The third-order valence-electron chi connectivity index (χ3n) is 4.20. The van der Waals surface area contributed by atoms with Crippen molar-refractivity contribution >= 4 is 21.2 Å². The summed E-state index contributed by atoms with van der Waals surface area (Å²) in [7, 11) is -3.59. The van der Waals surface area contributed by atoms with Crippen molar-refractivity contribution in [2.75, 3.05) is 0 Å². The molecule has 1 N–H and O–H groups in total. The van der Waals surface area contributed by atoms with Crippen LogP contribution in [0.5, 0.6) is 0 Å². The van der Waals surface area contributed by atoms with Crippen molar-refractivity contribution in [3.05, 3.63) is 54.0 Å². The average Bonchev–Trinajstić information content (AvgIpc) is 2.97. The maximum absolute atomic E-state index is 12.6. The highest BCUT2D eigenvalue weighted by Gasteiger charge is 2.17. The Labute approximate surface area is 154 Å². The normalized spacial score (nSPS) is 12.2. The molecule has 3 rings (SSSR count). The van der Waals surface area contributed by atoms with E-state index in [9.17, 15) is 8.42 Å². The number of fused-ring (bicyclic) bond motifs is 1. The molecule has 0 aliphatic rings. The molecule has 0 saturated heterocycles. The van der Waals surface area contributed by atoms with Crippen LogP contribution < -0.4 is 4.72 Å². The number of hydrogen-bond acceptors (Lipinski definition) is 4. The van der Waals surface area contributed by atoms with Crippen LogP contribution in [0.3, 0.4) is 0 Å². The Morgan fingerprint density at radius 3 is 2.54 bits per heavy atom. The summed E-state index contributed by atoms with van der Waals surface area (Å²) in [5, 5.41) is 0. The summed E-state index contributed by atoms with van der Waals surface area (Å²) in [5.41, 5.74) is 2.67. The van der Waals surface area contributed by atoms with Crippen LogP contribution in [-0.2, 0) is 29.5 Å². The lowest BCUT2D eigenvalue weighted by molar-refractivity contribution is 0.575. The molecule has 7 heteroatoms. The van der Waals surface area contributed by atoms with Gasteiger partial charge in [-0.2, -0.15) is 0 Å². The Morgan fingerprint density at radius 1 is 1.15 bits per heavy atom. The monoisotopic (exact) mass is 372 g/mol. The van der Waals surface area contributed by atoms with E-state index >= 15 is 0 Å². The third-order valence-corrected chi connectivity index (χ3v) is 5.61. The molecule has 6 nitrogen and oxygen atoms in total. The number of aromatic nitrogens is 3. The van der Waals surface area contributed by atoms with Crippen molar-refractivity contribution in [1.29, 1.82) is 0 Å². The predicted molar refractivity (Wildman–Crippen MR) is 102 cm³/mol. The Balaban J connectivity index is 1.78. The number of pyridine rings is 1. The van der Waals surface area contributed by atoms with Gasteiger partial charge in [-0.1, -0.05) is 26.0 Å². The Morgan fingerprint density at radius 2 is 1.88 bits per heavy atom. The quantitative estimate of drug-likeness (QED) is 0.691. The molecular formula is C19H24N4O2S. The molecule has 0 bridgehead atoms. The van der Waals surface area contributed by atoms with Crippen LogP contribution in [0.15, 0.2) is 47.5 Å². The van der Waals surface area contributed by atoms with Gasteiger partial charge in [0.15, 0.2) is 5.65 Å². The number of sulfonamides is 1. The standard InChI is InChI=1S/C19H24N4O2S/c1-4-23-18(22-17-6-5-11-20-19(17)23)13-21-26(24,25)16-9-7-15(8-10-16)12-14(2)3/h5-11,14,21H,4,12-13H2,1-3H3. The van der Waals surface area contributed by atoms with Gasteiger partial charge in [-0.3, -0.25) is 0 Å². The Kier molecular flexibility index (Phi) is 5.38. The summed E-state index contributed by atoms with van der Waals surface area (Å²) in [6.07, 6.45) is 2.64. The van der Waals surface area contributed by atoms with Gasteiger partial charge in [-0.25, -0.2) is 23.1 Å². The Bertz CT molecular complexity index is 992. The lowest BCUT2D eigenvalue weighted by Crippen LogP contribution is -2.25. The summed E-state index contributed by atoms with van der Waals surface area (Å²) >= 11 is 0. The molecular weight excluding hydrogens is 348 g/mol. The zero-order chi connectivity index (χ0) is 18.7. The maximum Gasteiger partial charge on any atom is 0.240 e. The van der Waals surface area contributed by atoms with Crippen LogP contribution in [0.25, 0.3) is 11.2 Å². The highest BCUT2D eigenvalue weighted by atomic mass is 32.2. The number of hydrogen-bond donors (Lipinski definition) is 1. The van der Waals surface area contributed by atoms with E-state index in [2.05, 4.69) is 28.5 Å². The number of imidazole rings is 1. The fourth-order valence-electron chi connectivity index (χ4n) is 2.99. The fourth-order valence-corrected chi connectivity index (χ4v) is 3.97. The van der Waals surface area contributed by atoms with Crippen LogP contribution in [0.4, 0.5) is 0 Å². The van der Waals surface area contributed by atoms with Crippen molar-refractivity contribution in [2.24, 2.45) is 5.92 Å². The minimum absolute atomic E-state index is 0.125. The first kappa shape index (κ1) is 18.5. The number of rotatable bonds is 7. The van der Waals surface area contributed by atoms with Crippen molar-refractivity contribution < 1.29 is 8.42 Å². The summed E-state index contributed by atoms with van der Waals surface area (Å²) in [6.45, 7) is 7.07. The van der Waals surface area contributed by atoms with Crippen molar-refractivity contribution in [3.8, 4) is 0 Å². The van der Waals surface area contributed by atoms with Gasteiger partial charge in [0.1, 0.15) is 11.3 Å². The first-order chi connectivity index (χ1) is 12.4. The molecule has 2 heterocycles. The van der Waals surface area contributed by atoms with E-state index in [1.807, 2.05) is 35.8 Å². The zero-order valence-electron chi connectivity index (χ0n) is 15.3. The first-order valence-electron chi connectivity index (χ1n) is 8.79. The van der Waals surface area contributed by atoms with E-state index in [-0.39, 0.29) is 11.4 Å². The van der Waals surface area contributed by atoms with Gasteiger partial charge in [0.2, 0.25) is 10.0 Å². The second-order valence-electron chi connectivity index (χ2n) is 6.68. The molecule has 0 aliphatic heterocycles. The fraction of sp³-hybridized carbons (Fsp3) is 0.368. The van der Waals surface area contributed by atoms with Crippen molar-refractivity contribution in [1.82, 2.24) is 19.3 Å². The highest BCUT2D eigenvalue weighted by Crippen LogP contribution is 2.16. The molecule has 26 heavy (non-hydrogen) atoms. The third kappa shape index (κ3) is 3.94. The van der Waals surface area contributed by atoms with E-state index < -0.39 is 10.0 Å². The zero-order valence-corrected chi connectivity index (χ0v) is 16.1. The van der Waals surface area contributed by atoms with E-state index in [0.717, 1.165) is 23.1 Å². The van der Waals surface area contributed by atoms with Gasteiger partial charge >= 0.3 is 0 Å². The molecule has 2 aromatic heterocycles. The molecule has 0 fully saturated rings. The summed E-state index contributed by atoms with van der Waals surface area (Å²) in [5.74, 6) is 1.19. The number of benzene rings is 1. The summed E-state index contributed by atoms with van der Waals surface area (Å²) < 4.78 is 29.7. The average molecular weight is 372 g/mol. The minimum atomic E-state index is -3.59. The van der Waals surface area contributed by atoms with Gasteiger partial charge in [0.25, 0.3) is 0 Å². The highest BCUT2D eigenvalue weighted by molar-refractivity contribution is 7.89. The smallest absolute Gasteiger partial charge is 0.240 e. The van der Waals surface area contributed by atoms with E-state index in [0.29, 0.717) is 18.3 Å². The van der Waals surface area contributed by atoms with E-state index in [1.165, 1.54) is 0 Å². The molecule has 0 radical (unpaired) electrons. The molecule has 0 aliphatic carbocycles. The van der Waals surface area contributed by atoms with Gasteiger partial charge in [0.05, 0.1) is 11.4 Å². The van der Waals surface area contributed by atoms with E-state index in [4.69, 9.17) is 0 Å². The van der Waals surface area contributed by atoms with Gasteiger partial charge in [-0.15, -0.1) is 0 Å². The number of nitrogens with one attached hydrogen (secondary N) is 1. The second-order valence-corrected chi connectivity index (χ2v) is 8.45. The lowest BCUT2D eigenvalue weighted by atomic mass is 10.0. The predicted octanol–water partition coefficient (Wildman–Crippen LogP) is 3.13. The van der Waals surface area contributed by atoms with Crippen LogP contribution in [0, 0.1) is 5.92 Å². The summed E-state index contributed by atoms with van der Waals surface area (Å²) in [6, 6.07) is 10.8. The van der Waals surface area contributed by atoms with Crippen molar-refractivity contribution in [3.63, 3.8) is 0 Å². The molecule has 0 spiro atoms. The van der Waals surface area contributed by atoms with Crippen molar-refractivity contribution in [2.45, 2.75) is 45.2 Å². The summed E-state index contributed by atoms with van der Waals surface area (Å²) in [4.78, 5) is 9.10. The maximum atomic E-state index is 12.6. The van der Waals surface area contributed by atoms with Gasteiger partial charge in [0, 0.05) is 12.7 Å². The second kappa shape index (κ2) is 7.55. The van der Waals surface area contributed by atoms with Crippen LogP contribution >= 0.6 is 0 Å². The molecule has 1 aromatic carbocycles. The van der Waals surface area contributed by atoms with Crippen LogP contribution in [0.1, 0.15) is 32.2 Å². The lowest BCUT2D eigenvalue weighted by Gasteiger charge is -2.09. The molecule has 0 atom stereocenters.